The molecule has 0 amide bonds. The monoisotopic (exact) mass is 463 g/mol. The van der Waals surface area contributed by atoms with Crippen LogP contribution in [0.2, 0.25) is 0 Å². The molecular weight excluding hydrogens is 438 g/mol. The van der Waals surface area contributed by atoms with Gasteiger partial charge in [-0.05, 0) is 55.5 Å². The molecule has 0 spiro atoms. The molecule has 0 radical (unpaired) electrons. The number of para-hydroxylation sites is 2. The van der Waals surface area contributed by atoms with E-state index in [0.29, 0.717) is 16.9 Å². The minimum atomic E-state index is -0.0490. The van der Waals surface area contributed by atoms with Crippen LogP contribution in [0.5, 0.6) is 0 Å². The number of pyridine rings is 2. The number of hydrogen-bond acceptors (Lipinski definition) is 4. The molecule has 0 aliphatic heterocycles. The first-order valence-electron chi connectivity index (χ1n) is 11.3. The highest BCUT2D eigenvalue weighted by atomic mass is 32.2. The molecule has 2 heterocycles. The number of nitrogens with zero attached hydrogens (tertiary/aromatic N) is 2. The third kappa shape index (κ3) is 4.61. The van der Waals surface area contributed by atoms with E-state index in [1.165, 1.54) is 10.5 Å². The molecule has 0 saturated heterocycles. The number of allylic oxidation sites excluding steroid dienone is 6. The SMILES string of the molecule is CC1=CC=C(Sc2cc(C)nc3c2c(=O)cc(Nc2ccccc2)n3-c2ccccc2)CC=C1. The van der Waals surface area contributed by atoms with Crippen molar-refractivity contribution in [1.82, 2.24) is 9.55 Å². The molecule has 0 atom stereocenters. The first kappa shape index (κ1) is 22.0. The fourth-order valence-corrected chi connectivity index (χ4v) is 5.12. The standard InChI is InChI=1S/C29H25N3OS/c1-20-10-9-15-24(17-16-20)34-26-18-21(2)30-29-28(26)25(33)19-27(31-22-11-5-3-6-12-22)32(29)23-13-7-4-8-14-23/h3-14,16-19,31H,15H2,1-2H3. The van der Waals surface area contributed by atoms with Crippen molar-refractivity contribution in [3.8, 4) is 5.69 Å². The zero-order chi connectivity index (χ0) is 23.5. The molecule has 1 aliphatic carbocycles. The quantitative estimate of drug-likeness (QED) is 0.337. The molecule has 2 aromatic carbocycles. The largest absolute Gasteiger partial charge is 0.341 e. The van der Waals surface area contributed by atoms with Gasteiger partial charge in [-0.2, -0.15) is 0 Å². The molecule has 168 valence electrons. The fourth-order valence-electron chi connectivity index (χ4n) is 4.00. The van der Waals surface area contributed by atoms with Crippen LogP contribution in [0.25, 0.3) is 16.7 Å². The van der Waals surface area contributed by atoms with Gasteiger partial charge in [0.2, 0.25) is 0 Å². The normalized spacial score (nSPS) is 13.4. The summed E-state index contributed by atoms with van der Waals surface area (Å²) in [6.45, 7) is 4.07. The van der Waals surface area contributed by atoms with Crippen LogP contribution in [0.3, 0.4) is 0 Å². The maximum Gasteiger partial charge on any atom is 0.194 e. The number of benzene rings is 2. The molecular formula is C29H25N3OS. The Morgan fingerprint density at radius 1 is 0.941 bits per heavy atom. The van der Waals surface area contributed by atoms with E-state index < -0.39 is 0 Å². The number of fused-ring (bicyclic) bond motifs is 1. The highest BCUT2D eigenvalue weighted by molar-refractivity contribution is 8.03. The number of rotatable bonds is 5. The highest BCUT2D eigenvalue weighted by Gasteiger charge is 2.17. The Kier molecular flexibility index (Phi) is 6.19. The molecule has 0 unspecified atom stereocenters. The van der Waals surface area contributed by atoms with Crippen LogP contribution >= 0.6 is 11.8 Å². The van der Waals surface area contributed by atoms with Crippen LogP contribution in [0, 0.1) is 6.92 Å². The smallest absolute Gasteiger partial charge is 0.194 e. The van der Waals surface area contributed by atoms with Crippen molar-refractivity contribution in [3.63, 3.8) is 0 Å². The van der Waals surface area contributed by atoms with Crippen molar-refractivity contribution in [2.45, 2.75) is 25.2 Å². The van der Waals surface area contributed by atoms with E-state index in [4.69, 9.17) is 4.98 Å². The lowest BCUT2D eigenvalue weighted by atomic mass is 10.2. The summed E-state index contributed by atoms with van der Waals surface area (Å²) in [5, 5.41) is 4.06. The third-order valence-electron chi connectivity index (χ3n) is 5.59. The van der Waals surface area contributed by atoms with E-state index in [0.717, 1.165) is 28.4 Å². The molecule has 5 rings (SSSR count). The molecule has 1 N–H and O–H groups in total. The molecule has 34 heavy (non-hydrogen) atoms. The van der Waals surface area contributed by atoms with Crippen LogP contribution in [-0.2, 0) is 0 Å². The van der Waals surface area contributed by atoms with Crippen molar-refractivity contribution < 1.29 is 0 Å². The second kappa shape index (κ2) is 9.57. The first-order valence-corrected chi connectivity index (χ1v) is 12.1. The Labute approximate surface area is 203 Å². The lowest BCUT2D eigenvalue weighted by Gasteiger charge is -2.19. The Morgan fingerprint density at radius 3 is 2.44 bits per heavy atom. The van der Waals surface area contributed by atoms with E-state index in [9.17, 15) is 4.79 Å². The summed E-state index contributed by atoms with van der Waals surface area (Å²) < 4.78 is 2.03. The Hall–Kier alpha value is -3.83. The van der Waals surface area contributed by atoms with Crippen LogP contribution in [-0.4, -0.2) is 9.55 Å². The second-order valence-corrected chi connectivity index (χ2v) is 9.44. The average molecular weight is 464 g/mol. The molecule has 1 aliphatic rings. The average Bonchev–Trinajstić information content (AvgIpc) is 3.04. The summed E-state index contributed by atoms with van der Waals surface area (Å²) in [5.41, 5.74) is 4.53. The lowest BCUT2D eigenvalue weighted by molar-refractivity contribution is 1.04. The van der Waals surface area contributed by atoms with E-state index in [1.807, 2.05) is 78.2 Å². The van der Waals surface area contributed by atoms with Gasteiger partial charge in [-0.3, -0.25) is 9.36 Å². The molecule has 0 saturated carbocycles. The van der Waals surface area contributed by atoms with Gasteiger partial charge < -0.3 is 5.32 Å². The summed E-state index contributed by atoms with van der Waals surface area (Å²) >= 11 is 1.64. The van der Waals surface area contributed by atoms with Gasteiger partial charge in [-0.25, -0.2) is 4.98 Å². The zero-order valence-corrected chi connectivity index (χ0v) is 20.0. The van der Waals surface area contributed by atoms with Crippen molar-refractivity contribution in [2.75, 3.05) is 5.32 Å². The number of aryl methyl sites for hydroxylation is 1. The predicted molar refractivity (Wildman–Crippen MR) is 143 cm³/mol. The van der Waals surface area contributed by atoms with Gasteiger partial charge in [-0.1, -0.05) is 78.0 Å². The number of aromatic nitrogens is 2. The van der Waals surface area contributed by atoms with E-state index in [-0.39, 0.29) is 5.43 Å². The molecule has 2 aromatic heterocycles. The molecule has 4 aromatic rings. The highest BCUT2D eigenvalue weighted by Crippen LogP contribution is 2.36. The maximum absolute atomic E-state index is 13.5. The van der Waals surface area contributed by atoms with Crippen molar-refractivity contribution >= 4 is 34.3 Å². The summed E-state index contributed by atoms with van der Waals surface area (Å²) in [6, 6.07) is 23.6. The van der Waals surface area contributed by atoms with E-state index in [1.54, 1.807) is 17.8 Å². The Morgan fingerprint density at radius 2 is 1.68 bits per heavy atom. The predicted octanol–water partition coefficient (Wildman–Crippen LogP) is 7.32. The summed E-state index contributed by atoms with van der Waals surface area (Å²) in [5.74, 6) is 0.680. The van der Waals surface area contributed by atoms with Gasteiger partial charge in [0, 0.05) is 28.0 Å². The van der Waals surface area contributed by atoms with Gasteiger partial charge in [0.05, 0.1) is 5.39 Å². The van der Waals surface area contributed by atoms with Gasteiger partial charge in [0.1, 0.15) is 5.82 Å². The van der Waals surface area contributed by atoms with Crippen LogP contribution in [0.1, 0.15) is 19.0 Å². The van der Waals surface area contributed by atoms with Gasteiger partial charge in [-0.15, -0.1) is 0 Å². The number of thioether (sulfide) groups is 1. The maximum atomic E-state index is 13.5. The molecule has 0 fully saturated rings. The minimum absolute atomic E-state index is 0.0490. The van der Waals surface area contributed by atoms with Crippen LogP contribution in [0.15, 0.2) is 117 Å². The summed E-state index contributed by atoms with van der Waals surface area (Å²) in [6.07, 6.45) is 9.39. The molecule has 0 bridgehead atoms. The molecule has 4 nitrogen and oxygen atoms in total. The van der Waals surface area contributed by atoms with Crippen molar-refractivity contribution in [2.24, 2.45) is 0 Å². The van der Waals surface area contributed by atoms with Gasteiger partial charge in [0.15, 0.2) is 11.1 Å². The topological polar surface area (TPSA) is 46.9 Å². The minimum Gasteiger partial charge on any atom is -0.341 e. The number of nitrogens with one attached hydrogen (secondary N) is 1. The van der Waals surface area contributed by atoms with Gasteiger partial charge >= 0.3 is 0 Å². The van der Waals surface area contributed by atoms with E-state index >= 15 is 0 Å². The van der Waals surface area contributed by atoms with Crippen molar-refractivity contribution in [3.05, 3.63) is 123 Å². The molecule has 5 heteroatoms. The number of anilines is 2. The first-order chi connectivity index (χ1) is 16.6. The van der Waals surface area contributed by atoms with Crippen molar-refractivity contribution in [1.29, 1.82) is 0 Å². The summed E-state index contributed by atoms with van der Waals surface area (Å²) in [7, 11) is 0. The van der Waals surface area contributed by atoms with Gasteiger partial charge in [0.25, 0.3) is 0 Å². The zero-order valence-electron chi connectivity index (χ0n) is 19.2. The fraction of sp³-hybridized carbons (Fsp3) is 0.103. The van der Waals surface area contributed by atoms with Crippen LogP contribution < -0.4 is 10.7 Å². The van der Waals surface area contributed by atoms with Crippen LogP contribution in [0.4, 0.5) is 11.5 Å². The Balaban J connectivity index is 1.73. The second-order valence-electron chi connectivity index (χ2n) is 8.27. The lowest BCUT2D eigenvalue weighted by Crippen LogP contribution is -2.14. The Bertz CT molecular complexity index is 1500. The number of hydrogen-bond donors (Lipinski definition) is 1. The third-order valence-corrected chi connectivity index (χ3v) is 6.70. The summed E-state index contributed by atoms with van der Waals surface area (Å²) in [4.78, 5) is 20.5. The van der Waals surface area contributed by atoms with E-state index in [2.05, 4.69) is 36.5 Å².